The molecule has 1 aromatic heterocycles. The minimum Gasteiger partial charge on any atom is -0.566 e. The van der Waals surface area contributed by atoms with E-state index in [0.29, 0.717) is 17.1 Å². The fourth-order valence-corrected chi connectivity index (χ4v) is 3.43. The summed E-state index contributed by atoms with van der Waals surface area (Å²) in [7, 11) is 1.58. The first-order valence-electron chi connectivity index (χ1n) is 6.51. The number of hydrogen-bond donors (Lipinski definition) is 1. The number of amides is 1. The molecule has 0 aliphatic carbocycles. The molecule has 7 heteroatoms. The van der Waals surface area contributed by atoms with Crippen LogP contribution in [0.25, 0.3) is 0 Å². The van der Waals surface area contributed by atoms with Crippen molar-refractivity contribution in [3.63, 3.8) is 0 Å². The van der Waals surface area contributed by atoms with Crippen LogP contribution in [-0.2, 0) is 16.3 Å². The van der Waals surface area contributed by atoms with Gasteiger partial charge in [0.1, 0.15) is 5.71 Å². The maximum atomic E-state index is 12.4. The standard InChI is InChI=1S/C15H13N3O2S2/c1-18-13(15(19)16-11-6-3-2-4-7-11)10-12(17-22(18)20)14-8-5-9-21-14/h2-10H,1H3,(H,16,19). The molecular weight excluding hydrogens is 318 g/mol. The number of thiophene rings is 1. The zero-order valence-corrected chi connectivity index (χ0v) is 13.4. The Morgan fingerprint density at radius 1 is 1.27 bits per heavy atom. The molecule has 112 valence electrons. The smallest absolute Gasteiger partial charge is 0.276 e. The first kappa shape index (κ1) is 14.8. The van der Waals surface area contributed by atoms with E-state index in [0.717, 1.165) is 4.88 Å². The van der Waals surface area contributed by atoms with Crippen LogP contribution in [-0.4, -0.2) is 27.5 Å². The van der Waals surface area contributed by atoms with E-state index < -0.39 is 11.5 Å². The SMILES string of the molecule is CN1C(C(=O)Nc2ccccc2)=CC(c2cccs2)=N[S+]1[O-]. The highest BCUT2D eigenvalue weighted by Gasteiger charge is 2.30. The van der Waals surface area contributed by atoms with E-state index in [1.54, 1.807) is 25.3 Å². The van der Waals surface area contributed by atoms with Crippen LogP contribution in [0.3, 0.4) is 0 Å². The molecule has 0 radical (unpaired) electrons. The summed E-state index contributed by atoms with van der Waals surface area (Å²) in [4.78, 5) is 13.3. The maximum absolute atomic E-state index is 12.4. The molecule has 1 amide bonds. The first-order chi connectivity index (χ1) is 10.6. The van der Waals surface area contributed by atoms with Gasteiger partial charge in [0, 0.05) is 11.8 Å². The van der Waals surface area contributed by atoms with Crippen LogP contribution >= 0.6 is 11.3 Å². The zero-order valence-electron chi connectivity index (χ0n) is 11.7. The molecule has 5 nitrogen and oxygen atoms in total. The summed E-state index contributed by atoms with van der Waals surface area (Å²) in [5, 5.41) is 4.71. The third kappa shape index (κ3) is 3.06. The summed E-state index contributed by atoms with van der Waals surface area (Å²) < 4.78 is 17.6. The molecule has 1 aliphatic heterocycles. The number of nitrogens with zero attached hydrogens (tertiary/aromatic N) is 2. The summed E-state index contributed by atoms with van der Waals surface area (Å²) in [6.45, 7) is 0. The number of nitrogens with one attached hydrogen (secondary N) is 1. The average Bonchev–Trinajstić information content (AvgIpc) is 3.05. The lowest BCUT2D eigenvalue weighted by molar-refractivity contribution is -0.113. The van der Waals surface area contributed by atoms with Crippen LogP contribution in [0.1, 0.15) is 4.88 Å². The van der Waals surface area contributed by atoms with Crippen molar-refractivity contribution in [1.29, 1.82) is 0 Å². The van der Waals surface area contributed by atoms with Gasteiger partial charge in [-0.2, -0.15) is 4.31 Å². The maximum Gasteiger partial charge on any atom is 0.276 e. The Bertz CT molecular complexity index is 727. The largest absolute Gasteiger partial charge is 0.566 e. The molecule has 0 saturated carbocycles. The lowest BCUT2D eigenvalue weighted by Gasteiger charge is -2.23. The van der Waals surface area contributed by atoms with Crippen molar-refractivity contribution >= 4 is 40.2 Å². The van der Waals surface area contributed by atoms with Crippen LogP contribution in [0.15, 0.2) is 64.0 Å². The topological polar surface area (TPSA) is 67.8 Å². The Hall–Kier alpha value is -2.09. The van der Waals surface area contributed by atoms with Gasteiger partial charge in [-0.05, 0) is 28.0 Å². The van der Waals surface area contributed by atoms with Crippen LogP contribution < -0.4 is 5.32 Å². The molecule has 2 aromatic rings. The lowest BCUT2D eigenvalue weighted by atomic mass is 10.2. The van der Waals surface area contributed by atoms with Gasteiger partial charge >= 0.3 is 0 Å². The third-order valence-corrected chi connectivity index (χ3v) is 4.97. The normalized spacial score (nSPS) is 17.7. The molecule has 1 atom stereocenters. The van der Waals surface area contributed by atoms with Crippen molar-refractivity contribution in [3.05, 3.63) is 64.5 Å². The molecule has 0 saturated heterocycles. The Morgan fingerprint density at radius 3 is 2.73 bits per heavy atom. The monoisotopic (exact) mass is 331 g/mol. The second kappa shape index (κ2) is 6.35. The molecule has 1 unspecified atom stereocenters. The fraction of sp³-hybridized carbons (Fsp3) is 0.0667. The summed E-state index contributed by atoms with van der Waals surface area (Å²) in [6, 6.07) is 12.9. The molecule has 1 N–H and O–H groups in total. The molecule has 22 heavy (non-hydrogen) atoms. The van der Waals surface area contributed by atoms with E-state index in [-0.39, 0.29) is 5.91 Å². The molecule has 2 heterocycles. The van der Waals surface area contributed by atoms with Gasteiger partial charge in [0.05, 0.1) is 11.9 Å². The number of rotatable bonds is 3. The van der Waals surface area contributed by atoms with E-state index in [9.17, 15) is 9.35 Å². The highest BCUT2D eigenvalue weighted by molar-refractivity contribution is 7.88. The van der Waals surface area contributed by atoms with Gasteiger partial charge in [-0.1, -0.05) is 24.3 Å². The van der Waals surface area contributed by atoms with Gasteiger partial charge in [-0.25, -0.2) is 0 Å². The van der Waals surface area contributed by atoms with E-state index in [1.807, 2.05) is 35.7 Å². The highest BCUT2D eigenvalue weighted by Crippen LogP contribution is 2.22. The number of anilines is 1. The second-order valence-corrected chi connectivity index (χ2v) is 6.67. The third-order valence-electron chi connectivity index (χ3n) is 3.06. The molecule has 0 spiro atoms. The molecule has 3 rings (SSSR count). The summed E-state index contributed by atoms with van der Waals surface area (Å²) in [6.07, 6.45) is 1.66. The average molecular weight is 331 g/mol. The summed E-state index contributed by atoms with van der Waals surface area (Å²) in [5.74, 6) is -0.314. The van der Waals surface area contributed by atoms with Gasteiger partial charge in [-0.3, -0.25) is 4.79 Å². The zero-order chi connectivity index (χ0) is 15.5. The predicted octanol–water partition coefficient (Wildman–Crippen LogP) is 2.58. The van der Waals surface area contributed by atoms with Gasteiger partial charge in [0.25, 0.3) is 5.91 Å². The molecule has 1 aromatic carbocycles. The van der Waals surface area contributed by atoms with Crippen molar-refractivity contribution in [3.8, 4) is 0 Å². The van der Waals surface area contributed by atoms with Gasteiger partial charge < -0.3 is 9.87 Å². The van der Waals surface area contributed by atoms with E-state index >= 15 is 0 Å². The van der Waals surface area contributed by atoms with Crippen LogP contribution in [0.5, 0.6) is 0 Å². The Kier molecular flexibility index (Phi) is 4.28. The van der Waals surface area contributed by atoms with Gasteiger partial charge in [0.15, 0.2) is 5.70 Å². The quantitative estimate of drug-likeness (QED) is 0.879. The van der Waals surface area contributed by atoms with Crippen molar-refractivity contribution in [2.75, 3.05) is 12.4 Å². The molecule has 0 fully saturated rings. The molecule has 1 aliphatic rings. The van der Waals surface area contributed by atoms with Crippen LogP contribution in [0.2, 0.25) is 0 Å². The minimum absolute atomic E-state index is 0.314. The Labute approximate surface area is 135 Å². The van der Waals surface area contributed by atoms with E-state index in [1.165, 1.54) is 15.6 Å². The first-order valence-corrected chi connectivity index (χ1v) is 8.46. The number of likely N-dealkylation sites (N-methyl/N-ethyl adjacent to an activating group) is 1. The number of carbonyl (C=O) groups is 1. The van der Waals surface area contributed by atoms with Gasteiger partial charge in [0.2, 0.25) is 11.5 Å². The van der Waals surface area contributed by atoms with E-state index in [4.69, 9.17) is 0 Å². The minimum atomic E-state index is -1.61. The summed E-state index contributed by atoms with van der Waals surface area (Å²) >= 11 is -0.119. The highest BCUT2D eigenvalue weighted by atomic mass is 32.2. The van der Waals surface area contributed by atoms with Crippen molar-refractivity contribution in [2.45, 2.75) is 0 Å². The fourth-order valence-electron chi connectivity index (χ4n) is 1.94. The predicted molar refractivity (Wildman–Crippen MR) is 89.9 cm³/mol. The molecule has 0 bridgehead atoms. The Morgan fingerprint density at radius 2 is 2.05 bits per heavy atom. The second-order valence-electron chi connectivity index (χ2n) is 4.53. The number of allylic oxidation sites excluding steroid dienone is 1. The van der Waals surface area contributed by atoms with Gasteiger partial charge in [-0.15, -0.1) is 11.3 Å². The summed E-state index contributed by atoms with van der Waals surface area (Å²) in [5.41, 5.74) is 1.57. The van der Waals surface area contributed by atoms with Crippen molar-refractivity contribution < 1.29 is 9.35 Å². The molecular formula is C15H13N3O2S2. The van der Waals surface area contributed by atoms with Crippen molar-refractivity contribution in [1.82, 2.24) is 4.31 Å². The number of hydrogen-bond acceptors (Lipinski definition) is 5. The number of benzene rings is 1. The Balaban J connectivity index is 1.87. The van der Waals surface area contributed by atoms with Crippen LogP contribution in [0.4, 0.5) is 5.69 Å². The number of para-hydroxylation sites is 1. The van der Waals surface area contributed by atoms with Crippen LogP contribution in [0, 0.1) is 0 Å². The van der Waals surface area contributed by atoms with E-state index in [2.05, 4.69) is 9.71 Å². The van der Waals surface area contributed by atoms with Crippen molar-refractivity contribution in [2.24, 2.45) is 4.40 Å². The number of carbonyl (C=O) groups excluding carboxylic acids is 1. The lowest BCUT2D eigenvalue weighted by Crippen LogP contribution is -2.35.